The molecule has 1 aromatic heterocycles. The molecular weight excluding hydrogens is 393 g/mol. The fourth-order valence-electron chi connectivity index (χ4n) is 2.85. The molecule has 0 bridgehead atoms. The summed E-state index contributed by atoms with van der Waals surface area (Å²) in [6.45, 7) is 4.80. The van der Waals surface area contributed by atoms with Gasteiger partial charge in [0.1, 0.15) is 17.7 Å². The van der Waals surface area contributed by atoms with Crippen LogP contribution in [0, 0.1) is 10.1 Å². The number of nitro groups is 1. The average Bonchev–Trinajstić information content (AvgIpc) is 2.85. The molecule has 0 aliphatic carbocycles. The summed E-state index contributed by atoms with van der Waals surface area (Å²) in [6, 6.07) is 4.27. The molecule has 29 heavy (non-hydrogen) atoms. The Morgan fingerprint density at radius 1 is 1.17 bits per heavy atom. The van der Waals surface area contributed by atoms with Gasteiger partial charge in [0, 0.05) is 19.0 Å². The van der Waals surface area contributed by atoms with E-state index in [1.54, 1.807) is 20.8 Å². The molecule has 11 heteroatoms. The molecule has 2 rings (SSSR count). The van der Waals surface area contributed by atoms with E-state index in [0.717, 1.165) is 4.57 Å². The van der Waals surface area contributed by atoms with Gasteiger partial charge in [-0.1, -0.05) is 6.07 Å². The number of benzene rings is 1. The van der Waals surface area contributed by atoms with Gasteiger partial charge in [-0.25, -0.2) is 4.79 Å². The van der Waals surface area contributed by atoms with Gasteiger partial charge < -0.3 is 9.47 Å². The van der Waals surface area contributed by atoms with Crippen molar-refractivity contribution in [3.63, 3.8) is 0 Å². The van der Waals surface area contributed by atoms with E-state index in [-0.39, 0.29) is 72.2 Å². The molecule has 0 N–H and O–H groups in total. The molecule has 0 radical (unpaired) electrons. The zero-order valence-electron chi connectivity index (χ0n) is 16.3. The van der Waals surface area contributed by atoms with Crippen LogP contribution in [0.3, 0.4) is 0 Å². The van der Waals surface area contributed by atoms with E-state index in [4.69, 9.17) is 4.74 Å². The van der Waals surface area contributed by atoms with E-state index < -0.39 is 28.2 Å². The molecule has 0 saturated carbocycles. The van der Waals surface area contributed by atoms with Gasteiger partial charge in [-0.2, -0.15) is 0 Å². The number of non-ortho nitro benzene ring substituents is 1. The van der Waals surface area contributed by atoms with E-state index in [0.29, 0.717) is 0 Å². The summed E-state index contributed by atoms with van der Waals surface area (Å²) >= 11 is 0. The summed E-state index contributed by atoms with van der Waals surface area (Å²) in [4.78, 5) is 47.3. The van der Waals surface area contributed by atoms with Gasteiger partial charge in [-0.3, -0.25) is 28.8 Å². The number of aromatic nitrogens is 2. The van der Waals surface area contributed by atoms with Crippen molar-refractivity contribution in [2.24, 2.45) is 0 Å². The molecular formula is C18H24N3NaO7. The summed E-state index contributed by atoms with van der Waals surface area (Å²) in [7, 11) is 1.26. The number of imidazole rings is 1. The van der Waals surface area contributed by atoms with Crippen molar-refractivity contribution in [3.05, 3.63) is 38.8 Å². The summed E-state index contributed by atoms with van der Waals surface area (Å²) < 4.78 is 12.2. The van der Waals surface area contributed by atoms with Gasteiger partial charge in [0.05, 0.1) is 17.5 Å². The number of carbonyl (C=O) groups excluding carboxylic acids is 2. The zero-order chi connectivity index (χ0) is 21.1. The number of fused-ring (bicyclic) bond motifs is 1. The number of hydrogen-bond acceptors (Lipinski definition) is 7. The Morgan fingerprint density at radius 2 is 1.83 bits per heavy atom. The van der Waals surface area contributed by atoms with Crippen LogP contribution in [-0.2, 0) is 32.2 Å². The molecule has 0 saturated heterocycles. The number of hydrogen-bond donors (Lipinski definition) is 0. The van der Waals surface area contributed by atoms with Crippen LogP contribution < -0.4 is 5.69 Å². The fourth-order valence-corrected chi connectivity index (χ4v) is 2.85. The third-order valence-electron chi connectivity index (χ3n) is 3.91. The number of ether oxygens (including phenoxy) is 2. The normalized spacial score (nSPS) is 11.0. The van der Waals surface area contributed by atoms with Crippen LogP contribution in [0.2, 0.25) is 0 Å². The number of rotatable bonds is 7. The second-order valence-electron chi connectivity index (χ2n) is 7.19. The van der Waals surface area contributed by atoms with E-state index in [1.807, 2.05) is 0 Å². The molecule has 0 atom stereocenters. The SMILES string of the molecule is COC(=O)CCCn1c(=O)n(CC(=O)OC(C)(C)C)c2cccc([N+](=O)[O-])c21.[NaH]. The number of esters is 2. The third-order valence-corrected chi connectivity index (χ3v) is 3.91. The predicted molar refractivity (Wildman–Crippen MR) is 107 cm³/mol. The number of nitro benzene ring substituents is 1. The van der Waals surface area contributed by atoms with Crippen molar-refractivity contribution >= 4 is 58.2 Å². The Bertz CT molecular complexity index is 972. The Hall–Kier alpha value is -2.17. The number of aryl methyl sites for hydroxylation is 1. The molecule has 0 fully saturated rings. The van der Waals surface area contributed by atoms with Crippen molar-refractivity contribution in [2.75, 3.05) is 7.11 Å². The molecule has 2 aromatic rings. The molecule has 154 valence electrons. The average molecular weight is 417 g/mol. The topological polar surface area (TPSA) is 123 Å². The van der Waals surface area contributed by atoms with Crippen LogP contribution in [0.1, 0.15) is 33.6 Å². The summed E-state index contributed by atoms with van der Waals surface area (Å²) in [6.07, 6.45) is 0.312. The molecule has 0 aliphatic heterocycles. The Labute approximate surface area is 189 Å². The van der Waals surface area contributed by atoms with Crippen LogP contribution in [0.25, 0.3) is 11.0 Å². The quantitative estimate of drug-likeness (QED) is 0.288. The first-order valence-electron chi connectivity index (χ1n) is 8.70. The second-order valence-corrected chi connectivity index (χ2v) is 7.19. The number of methoxy groups -OCH3 is 1. The molecule has 0 unspecified atom stereocenters. The fraction of sp³-hybridized carbons (Fsp3) is 0.500. The van der Waals surface area contributed by atoms with E-state index >= 15 is 0 Å². The molecule has 1 aromatic carbocycles. The van der Waals surface area contributed by atoms with E-state index in [1.165, 1.54) is 29.9 Å². The maximum atomic E-state index is 12.9. The summed E-state index contributed by atoms with van der Waals surface area (Å²) in [5.74, 6) is -1.07. The van der Waals surface area contributed by atoms with Crippen LogP contribution in [0.4, 0.5) is 5.69 Å². The first-order valence-corrected chi connectivity index (χ1v) is 8.70. The van der Waals surface area contributed by atoms with Crippen molar-refractivity contribution < 1.29 is 24.0 Å². The van der Waals surface area contributed by atoms with Gasteiger partial charge in [0.2, 0.25) is 0 Å². The van der Waals surface area contributed by atoms with Crippen molar-refractivity contribution in [2.45, 2.75) is 52.3 Å². The molecule has 10 nitrogen and oxygen atoms in total. The van der Waals surface area contributed by atoms with Crippen LogP contribution in [0.5, 0.6) is 0 Å². The Kier molecular flexibility index (Phi) is 8.61. The predicted octanol–water partition coefficient (Wildman–Crippen LogP) is 1.36. The maximum absolute atomic E-state index is 12.9. The van der Waals surface area contributed by atoms with Crippen LogP contribution >= 0.6 is 0 Å². The Balaban J connectivity index is 0.00000420. The molecule has 0 amide bonds. The number of para-hydroxylation sites is 1. The van der Waals surface area contributed by atoms with E-state index in [9.17, 15) is 24.5 Å². The van der Waals surface area contributed by atoms with Gasteiger partial charge in [0.25, 0.3) is 5.69 Å². The number of carbonyl (C=O) groups is 2. The zero-order valence-corrected chi connectivity index (χ0v) is 16.3. The Morgan fingerprint density at radius 3 is 2.38 bits per heavy atom. The van der Waals surface area contributed by atoms with Gasteiger partial charge >= 0.3 is 47.2 Å². The first-order chi connectivity index (χ1) is 13.0. The van der Waals surface area contributed by atoms with Crippen LogP contribution in [0.15, 0.2) is 23.0 Å². The van der Waals surface area contributed by atoms with Crippen molar-refractivity contribution in [3.8, 4) is 0 Å². The van der Waals surface area contributed by atoms with E-state index in [2.05, 4.69) is 4.74 Å². The molecule has 1 heterocycles. The van der Waals surface area contributed by atoms with Crippen molar-refractivity contribution in [1.82, 2.24) is 9.13 Å². The third kappa shape index (κ3) is 6.15. The minimum atomic E-state index is -0.731. The standard InChI is InChI=1S/C18H23N3O7.Na.H/c1-18(2,3)28-15(23)11-20-12-7-5-8-13(21(25)26)16(12)19(17(20)24)10-6-9-14(22)27-4;;/h5,7-8H,6,9-11H2,1-4H3;;. The second kappa shape index (κ2) is 10.0. The van der Waals surface area contributed by atoms with Gasteiger partial charge in [0.15, 0.2) is 0 Å². The minimum absolute atomic E-state index is 0. The molecule has 0 aliphatic rings. The summed E-state index contributed by atoms with van der Waals surface area (Å²) in [5, 5.41) is 11.4. The van der Waals surface area contributed by atoms with Crippen molar-refractivity contribution in [1.29, 1.82) is 0 Å². The summed E-state index contributed by atoms with van der Waals surface area (Å²) in [5.41, 5.74) is -1.21. The van der Waals surface area contributed by atoms with Gasteiger partial charge in [-0.05, 0) is 33.3 Å². The molecule has 0 spiro atoms. The van der Waals surface area contributed by atoms with Gasteiger partial charge in [-0.15, -0.1) is 0 Å². The monoisotopic (exact) mass is 417 g/mol. The first kappa shape index (κ1) is 24.9. The number of nitrogens with zero attached hydrogens (tertiary/aromatic N) is 3. The van der Waals surface area contributed by atoms with Crippen LogP contribution in [-0.4, -0.2) is 68.3 Å².